The van der Waals surface area contributed by atoms with E-state index in [1.165, 1.54) is 27.3 Å². The summed E-state index contributed by atoms with van der Waals surface area (Å²) in [7, 11) is 0. The van der Waals surface area contributed by atoms with E-state index in [2.05, 4.69) is 127 Å². The number of rotatable bonds is 3. The first-order valence-corrected chi connectivity index (χ1v) is 11.5. The molecule has 0 fully saturated rings. The van der Waals surface area contributed by atoms with Gasteiger partial charge in [0.2, 0.25) is 0 Å². The summed E-state index contributed by atoms with van der Waals surface area (Å²) in [6.45, 7) is 0. The van der Waals surface area contributed by atoms with E-state index in [0.29, 0.717) is 0 Å². The predicted molar refractivity (Wildman–Crippen MR) is 144 cm³/mol. The highest BCUT2D eigenvalue weighted by Gasteiger charge is 2.12. The number of anilines is 2. The summed E-state index contributed by atoms with van der Waals surface area (Å²) in [5, 5.41) is 10.7. The van der Waals surface area contributed by atoms with E-state index in [4.69, 9.17) is 4.42 Å². The Kier molecular flexibility index (Phi) is 4.18. The zero-order chi connectivity index (χ0) is 22.5. The smallest absolute Gasteiger partial charge is 0.143 e. The van der Waals surface area contributed by atoms with Crippen LogP contribution in [0.2, 0.25) is 0 Å². The number of nitrogens with one attached hydrogen (secondary N) is 1. The number of benzene rings is 6. The van der Waals surface area contributed by atoms with Crippen LogP contribution in [0.15, 0.2) is 126 Å². The van der Waals surface area contributed by atoms with Crippen molar-refractivity contribution in [2.75, 3.05) is 5.32 Å². The van der Waals surface area contributed by atoms with Gasteiger partial charge in [-0.2, -0.15) is 0 Å². The molecule has 0 amide bonds. The van der Waals surface area contributed by atoms with Crippen molar-refractivity contribution in [3.8, 4) is 11.1 Å². The molecule has 7 rings (SSSR count). The molecular formula is C32H21NO. The standard InChI is InChI=1S/C32H21NO/c1-2-8-21(9-3-1)24-17-18-30(27-13-7-6-12-26(24)27)33-23-15-19-31-29(20-23)28-16-14-22-10-4-5-11-25(22)32(28)34-31/h1-20,33H. The van der Waals surface area contributed by atoms with Gasteiger partial charge in [-0.15, -0.1) is 0 Å². The van der Waals surface area contributed by atoms with Gasteiger partial charge in [0.05, 0.1) is 0 Å². The van der Waals surface area contributed by atoms with Crippen LogP contribution in [-0.2, 0) is 0 Å². The fraction of sp³-hybridized carbons (Fsp3) is 0. The summed E-state index contributed by atoms with van der Waals surface area (Å²) in [5.74, 6) is 0. The summed E-state index contributed by atoms with van der Waals surface area (Å²) in [4.78, 5) is 0. The molecule has 160 valence electrons. The second-order valence-electron chi connectivity index (χ2n) is 8.67. The van der Waals surface area contributed by atoms with Gasteiger partial charge in [0.25, 0.3) is 0 Å². The van der Waals surface area contributed by atoms with E-state index in [1.807, 2.05) is 0 Å². The highest BCUT2D eigenvalue weighted by Crippen LogP contribution is 2.38. The summed E-state index contributed by atoms with van der Waals surface area (Å²) in [6, 6.07) is 42.6. The topological polar surface area (TPSA) is 25.2 Å². The molecule has 34 heavy (non-hydrogen) atoms. The van der Waals surface area contributed by atoms with Gasteiger partial charge >= 0.3 is 0 Å². The molecule has 1 N–H and O–H groups in total. The Labute approximate surface area is 197 Å². The van der Waals surface area contributed by atoms with Gasteiger partial charge in [-0.3, -0.25) is 0 Å². The van der Waals surface area contributed by atoms with Crippen molar-refractivity contribution < 1.29 is 4.42 Å². The van der Waals surface area contributed by atoms with Crippen LogP contribution in [-0.4, -0.2) is 0 Å². The average Bonchev–Trinajstić information content (AvgIpc) is 3.28. The lowest BCUT2D eigenvalue weighted by atomic mass is 9.97. The van der Waals surface area contributed by atoms with E-state index in [0.717, 1.165) is 38.7 Å². The zero-order valence-electron chi connectivity index (χ0n) is 18.5. The third kappa shape index (κ3) is 2.96. The molecule has 0 saturated carbocycles. The van der Waals surface area contributed by atoms with Crippen LogP contribution in [0.1, 0.15) is 0 Å². The maximum atomic E-state index is 6.28. The third-order valence-electron chi connectivity index (χ3n) is 6.65. The molecule has 7 aromatic rings. The molecule has 0 saturated heterocycles. The van der Waals surface area contributed by atoms with Crippen LogP contribution in [0, 0.1) is 0 Å². The van der Waals surface area contributed by atoms with Gasteiger partial charge in [-0.05, 0) is 52.2 Å². The molecule has 0 aliphatic rings. The molecule has 0 atom stereocenters. The molecule has 1 aromatic heterocycles. The Morgan fingerprint density at radius 3 is 2.15 bits per heavy atom. The van der Waals surface area contributed by atoms with Crippen LogP contribution in [0.4, 0.5) is 11.4 Å². The Bertz CT molecular complexity index is 1830. The van der Waals surface area contributed by atoms with Crippen molar-refractivity contribution in [3.05, 3.63) is 121 Å². The summed E-state index contributed by atoms with van der Waals surface area (Å²) >= 11 is 0. The van der Waals surface area contributed by atoms with Crippen molar-refractivity contribution >= 4 is 54.9 Å². The van der Waals surface area contributed by atoms with Crippen LogP contribution < -0.4 is 5.32 Å². The molecule has 2 heteroatoms. The molecule has 1 heterocycles. The van der Waals surface area contributed by atoms with Crippen molar-refractivity contribution in [1.82, 2.24) is 0 Å². The Balaban J connectivity index is 1.35. The van der Waals surface area contributed by atoms with Crippen LogP contribution in [0.3, 0.4) is 0 Å². The number of hydrogen-bond acceptors (Lipinski definition) is 2. The first kappa shape index (κ1) is 19.0. The van der Waals surface area contributed by atoms with E-state index < -0.39 is 0 Å². The van der Waals surface area contributed by atoms with Crippen molar-refractivity contribution in [2.45, 2.75) is 0 Å². The van der Waals surface area contributed by atoms with Crippen LogP contribution in [0.5, 0.6) is 0 Å². The molecule has 0 radical (unpaired) electrons. The lowest BCUT2D eigenvalue weighted by Crippen LogP contribution is -1.92. The fourth-order valence-corrected chi connectivity index (χ4v) is 5.02. The molecule has 0 spiro atoms. The fourth-order valence-electron chi connectivity index (χ4n) is 5.02. The number of furan rings is 1. The maximum Gasteiger partial charge on any atom is 0.143 e. The third-order valence-corrected chi connectivity index (χ3v) is 6.65. The van der Waals surface area contributed by atoms with Crippen molar-refractivity contribution in [2.24, 2.45) is 0 Å². The number of fused-ring (bicyclic) bond motifs is 6. The minimum atomic E-state index is 0.904. The largest absolute Gasteiger partial charge is 0.455 e. The molecule has 0 bridgehead atoms. The van der Waals surface area contributed by atoms with Gasteiger partial charge in [-0.25, -0.2) is 0 Å². The first-order chi connectivity index (χ1) is 16.8. The van der Waals surface area contributed by atoms with E-state index in [-0.39, 0.29) is 0 Å². The predicted octanol–water partition coefficient (Wildman–Crippen LogP) is 9.30. The lowest BCUT2D eigenvalue weighted by Gasteiger charge is -2.13. The van der Waals surface area contributed by atoms with Crippen molar-refractivity contribution in [1.29, 1.82) is 0 Å². The van der Waals surface area contributed by atoms with E-state index >= 15 is 0 Å². The minimum absolute atomic E-state index is 0.904. The highest BCUT2D eigenvalue weighted by atomic mass is 16.3. The minimum Gasteiger partial charge on any atom is -0.455 e. The Hall–Kier alpha value is -4.56. The number of hydrogen-bond donors (Lipinski definition) is 1. The van der Waals surface area contributed by atoms with Crippen LogP contribution >= 0.6 is 0 Å². The molecule has 0 aliphatic heterocycles. The van der Waals surface area contributed by atoms with Gasteiger partial charge in [0.15, 0.2) is 0 Å². The Morgan fingerprint density at radius 2 is 1.26 bits per heavy atom. The second-order valence-corrected chi connectivity index (χ2v) is 8.67. The maximum absolute atomic E-state index is 6.28. The normalized spacial score (nSPS) is 11.5. The molecule has 6 aromatic carbocycles. The Morgan fingerprint density at radius 1 is 0.500 bits per heavy atom. The average molecular weight is 436 g/mol. The quantitative estimate of drug-likeness (QED) is 0.299. The zero-order valence-corrected chi connectivity index (χ0v) is 18.5. The van der Waals surface area contributed by atoms with Gasteiger partial charge < -0.3 is 9.73 Å². The first-order valence-electron chi connectivity index (χ1n) is 11.5. The highest BCUT2D eigenvalue weighted by molar-refractivity contribution is 6.15. The molecular weight excluding hydrogens is 414 g/mol. The SMILES string of the molecule is c1ccc(-c2ccc(Nc3ccc4oc5c6ccccc6ccc5c4c3)c3ccccc23)cc1. The summed E-state index contributed by atoms with van der Waals surface area (Å²) in [6.07, 6.45) is 0. The second kappa shape index (κ2) is 7.50. The summed E-state index contributed by atoms with van der Waals surface area (Å²) in [5.41, 5.74) is 6.45. The van der Waals surface area contributed by atoms with Crippen molar-refractivity contribution in [3.63, 3.8) is 0 Å². The van der Waals surface area contributed by atoms with Gasteiger partial charge in [0, 0.05) is 32.9 Å². The van der Waals surface area contributed by atoms with Crippen LogP contribution in [0.25, 0.3) is 54.6 Å². The summed E-state index contributed by atoms with van der Waals surface area (Å²) < 4.78 is 6.28. The lowest BCUT2D eigenvalue weighted by molar-refractivity contribution is 0.672. The van der Waals surface area contributed by atoms with E-state index in [9.17, 15) is 0 Å². The molecule has 0 unspecified atom stereocenters. The molecule has 2 nitrogen and oxygen atoms in total. The van der Waals surface area contributed by atoms with E-state index in [1.54, 1.807) is 0 Å². The van der Waals surface area contributed by atoms with Gasteiger partial charge in [-0.1, -0.05) is 91.0 Å². The molecule has 0 aliphatic carbocycles. The monoisotopic (exact) mass is 435 g/mol. The van der Waals surface area contributed by atoms with Gasteiger partial charge in [0.1, 0.15) is 11.2 Å².